The average molecular weight is 422 g/mol. The molecule has 9 nitrogen and oxygen atoms in total. The van der Waals surface area contributed by atoms with Gasteiger partial charge in [0.05, 0.1) is 24.6 Å². The van der Waals surface area contributed by atoms with E-state index >= 15 is 4.39 Å². The highest BCUT2D eigenvalue weighted by Gasteiger charge is 2.32. The summed E-state index contributed by atoms with van der Waals surface area (Å²) >= 11 is 0. The zero-order valence-corrected chi connectivity index (χ0v) is 16.7. The molecule has 0 radical (unpaired) electrons. The van der Waals surface area contributed by atoms with Crippen LogP contribution < -0.4 is 5.32 Å². The molecule has 1 aromatic rings. The molecule has 0 heterocycles. The summed E-state index contributed by atoms with van der Waals surface area (Å²) in [7, 11) is 0.956. The Morgan fingerprint density at radius 1 is 1.23 bits per heavy atom. The van der Waals surface area contributed by atoms with E-state index in [1.165, 1.54) is 6.07 Å². The van der Waals surface area contributed by atoms with Crippen LogP contribution in [0.3, 0.4) is 0 Å². The highest BCUT2D eigenvalue weighted by atomic mass is 19.1. The number of methoxy groups -OCH3 is 1. The minimum atomic E-state index is -1.34. The summed E-state index contributed by atoms with van der Waals surface area (Å²) in [5.41, 5.74) is -1.03. The largest absolute Gasteiger partial charge is 0.466 e. The molecule has 30 heavy (non-hydrogen) atoms. The van der Waals surface area contributed by atoms with Crippen molar-refractivity contribution in [2.45, 2.75) is 32.6 Å². The molecule has 0 unspecified atom stereocenters. The van der Waals surface area contributed by atoms with E-state index in [0.717, 1.165) is 13.2 Å². The maximum atomic E-state index is 15.1. The molecule has 1 saturated carbocycles. The molecule has 10 heteroatoms. The number of halogens is 1. The summed E-state index contributed by atoms with van der Waals surface area (Å²) in [5, 5.41) is 13.1. The van der Waals surface area contributed by atoms with E-state index in [1.54, 1.807) is 6.92 Å². The number of benzene rings is 1. The topological polar surface area (TPSA) is 125 Å². The van der Waals surface area contributed by atoms with Gasteiger partial charge >= 0.3 is 17.8 Å². The van der Waals surface area contributed by atoms with Crippen LogP contribution in [0.2, 0.25) is 0 Å². The molecule has 2 rings (SSSR count). The second-order valence-electron chi connectivity index (χ2n) is 6.85. The highest BCUT2D eigenvalue weighted by molar-refractivity contribution is 6.37. The first-order valence-corrected chi connectivity index (χ1v) is 9.43. The van der Waals surface area contributed by atoms with E-state index in [4.69, 9.17) is 4.74 Å². The van der Waals surface area contributed by atoms with Crippen molar-refractivity contribution in [1.29, 1.82) is 0 Å². The maximum absolute atomic E-state index is 15.1. The maximum Gasteiger partial charge on any atom is 0.396 e. The number of hydrogen-bond acceptors (Lipinski definition) is 7. The molecule has 1 fully saturated rings. The van der Waals surface area contributed by atoms with Crippen LogP contribution in [0.25, 0.3) is 5.57 Å². The predicted molar refractivity (Wildman–Crippen MR) is 105 cm³/mol. The standard InChI is InChI=1S/C20H23FN2O7/c1-4-30-19(25)13-7-5-12(6-8-13)11(2)14-9-10-15(23(27)28)17(16(14)21)22-18(24)20(26)29-3/h9-10,12-13H,2,4-8H2,1,3H3,(H,22,24). The summed E-state index contributed by atoms with van der Waals surface area (Å²) < 4.78 is 24.4. The van der Waals surface area contributed by atoms with Gasteiger partial charge in [0.25, 0.3) is 5.69 Å². The lowest BCUT2D eigenvalue weighted by Crippen LogP contribution is -2.25. The van der Waals surface area contributed by atoms with Gasteiger partial charge in [-0.25, -0.2) is 9.18 Å². The molecule has 1 aromatic carbocycles. The second-order valence-corrected chi connectivity index (χ2v) is 6.85. The number of allylic oxidation sites excluding steroid dienone is 1. The van der Waals surface area contributed by atoms with Crippen molar-refractivity contribution in [2.75, 3.05) is 19.0 Å². The third-order valence-corrected chi connectivity index (χ3v) is 5.11. The molecule has 0 spiro atoms. The van der Waals surface area contributed by atoms with Crippen LogP contribution in [0.15, 0.2) is 18.7 Å². The number of nitrogens with zero attached hydrogens (tertiary/aromatic N) is 1. The van der Waals surface area contributed by atoms with Gasteiger partial charge < -0.3 is 14.8 Å². The van der Waals surface area contributed by atoms with Crippen molar-refractivity contribution in [3.05, 3.63) is 40.2 Å². The van der Waals surface area contributed by atoms with E-state index in [9.17, 15) is 24.5 Å². The summed E-state index contributed by atoms with van der Waals surface area (Å²) in [6, 6.07) is 2.27. The van der Waals surface area contributed by atoms with E-state index in [1.807, 2.05) is 5.32 Å². The number of carbonyl (C=O) groups is 3. The van der Waals surface area contributed by atoms with Crippen LogP contribution in [0, 0.1) is 27.8 Å². The van der Waals surface area contributed by atoms with Gasteiger partial charge in [-0.1, -0.05) is 6.58 Å². The van der Waals surface area contributed by atoms with Crippen LogP contribution in [0.5, 0.6) is 0 Å². The third kappa shape index (κ3) is 5.00. The number of esters is 2. The fourth-order valence-corrected chi connectivity index (χ4v) is 3.50. The predicted octanol–water partition coefficient (Wildman–Crippen LogP) is 3.23. The number of amides is 1. The Balaban J connectivity index is 2.25. The SMILES string of the molecule is C=C(c1ccc([N+](=O)[O-])c(NC(=O)C(=O)OC)c1F)C1CCC(C(=O)OCC)CC1. The van der Waals surface area contributed by atoms with Gasteiger partial charge in [-0.3, -0.25) is 19.7 Å². The van der Waals surface area contributed by atoms with Crippen LogP contribution >= 0.6 is 0 Å². The lowest BCUT2D eigenvalue weighted by Gasteiger charge is -2.29. The Bertz CT molecular complexity index is 876. The fourth-order valence-electron chi connectivity index (χ4n) is 3.50. The third-order valence-electron chi connectivity index (χ3n) is 5.11. The van der Waals surface area contributed by atoms with Crippen LogP contribution in [0.4, 0.5) is 15.8 Å². The number of nitro benzene ring substituents is 1. The molecule has 1 aliphatic carbocycles. The molecule has 0 atom stereocenters. The fraction of sp³-hybridized carbons (Fsp3) is 0.450. The summed E-state index contributed by atoms with van der Waals surface area (Å²) in [6.07, 6.45) is 2.26. The molecule has 0 aromatic heterocycles. The highest BCUT2D eigenvalue weighted by Crippen LogP contribution is 2.40. The van der Waals surface area contributed by atoms with Gasteiger partial charge in [0.15, 0.2) is 11.5 Å². The average Bonchev–Trinajstić information content (AvgIpc) is 2.73. The Labute approximate surface area is 172 Å². The first-order chi connectivity index (χ1) is 14.2. The van der Waals surface area contributed by atoms with E-state index in [-0.39, 0.29) is 23.4 Å². The van der Waals surface area contributed by atoms with Crippen molar-refractivity contribution in [3.8, 4) is 0 Å². The quantitative estimate of drug-likeness (QED) is 0.323. The number of ether oxygens (including phenoxy) is 2. The molecular weight excluding hydrogens is 399 g/mol. The minimum absolute atomic E-state index is 0.000325. The molecule has 1 amide bonds. The molecule has 1 aliphatic rings. The molecule has 162 valence electrons. The van der Waals surface area contributed by atoms with Crippen molar-refractivity contribution < 1.29 is 33.2 Å². The zero-order valence-electron chi connectivity index (χ0n) is 16.7. The summed E-state index contributed by atoms with van der Waals surface area (Å²) in [5.74, 6) is -4.32. The van der Waals surface area contributed by atoms with Crippen molar-refractivity contribution >= 4 is 34.8 Å². The number of nitro groups is 1. The number of hydrogen-bond donors (Lipinski definition) is 1. The second kappa shape index (κ2) is 9.95. The Morgan fingerprint density at radius 3 is 2.37 bits per heavy atom. The zero-order chi connectivity index (χ0) is 22.4. The lowest BCUT2D eigenvalue weighted by atomic mass is 9.77. The van der Waals surface area contributed by atoms with Gasteiger partial charge in [0.1, 0.15) is 0 Å². The Hall–Kier alpha value is -3.30. The van der Waals surface area contributed by atoms with Crippen molar-refractivity contribution in [3.63, 3.8) is 0 Å². The molecule has 0 saturated heterocycles. The van der Waals surface area contributed by atoms with E-state index < -0.39 is 34.0 Å². The number of nitrogens with one attached hydrogen (secondary N) is 1. The normalized spacial score (nSPS) is 18.2. The first kappa shape index (κ1) is 23.0. The number of carbonyl (C=O) groups excluding carboxylic acids is 3. The number of rotatable bonds is 6. The van der Waals surface area contributed by atoms with Gasteiger partial charge in [0, 0.05) is 11.6 Å². The van der Waals surface area contributed by atoms with Crippen LogP contribution in [0.1, 0.15) is 38.2 Å². The smallest absolute Gasteiger partial charge is 0.396 e. The summed E-state index contributed by atoms with van der Waals surface area (Å²) in [6.45, 7) is 5.97. The number of anilines is 1. The van der Waals surface area contributed by atoms with Crippen LogP contribution in [-0.2, 0) is 23.9 Å². The van der Waals surface area contributed by atoms with Gasteiger partial charge in [-0.2, -0.15) is 0 Å². The van der Waals surface area contributed by atoms with Gasteiger partial charge in [-0.15, -0.1) is 0 Å². The monoisotopic (exact) mass is 422 g/mol. The van der Waals surface area contributed by atoms with Crippen molar-refractivity contribution in [2.24, 2.45) is 11.8 Å². The minimum Gasteiger partial charge on any atom is -0.466 e. The van der Waals surface area contributed by atoms with E-state index in [0.29, 0.717) is 37.9 Å². The molecule has 1 N–H and O–H groups in total. The lowest BCUT2D eigenvalue weighted by molar-refractivity contribution is -0.384. The molecular formula is C20H23FN2O7. The van der Waals surface area contributed by atoms with E-state index in [2.05, 4.69) is 11.3 Å². The Kier molecular flexibility index (Phi) is 7.62. The molecule has 0 aliphatic heterocycles. The first-order valence-electron chi connectivity index (χ1n) is 9.43. The molecule has 0 bridgehead atoms. The van der Waals surface area contributed by atoms with Crippen LogP contribution in [-0.4, -0.2) is 36.5 Å². The Morgan fingerprint density at radius 2 is 1.83 bits per heavy atom. The van der Waals surface area contributed by atoms with Gasteiger partial charge in [-0.05, 0) is 50.2 Å². The van der Waals surface area contributed by atoms with Crippen molar-refractivity contribution in [1.82, 2.24) is 0 Å². The summed E-state index contributed by atoms with van der Waals surface area (Å²) in [4.78, 5) is 45.3. The van der Waals surface area contributed by atoms with Gasteiger partial charge in [0.2, 0.25) is 0 Å².